The molecule has 0 aliphatic heterocycles. The topological polar surface area (TPSA) is 92.4 Å². The Bertz CT molecular complexity index is 689. The summed E-state index contributed by atoms with van der Waals surface area (Å²) >= 11 is 0. The molecule has 0 saturated heterocycles. The van der Waals surface area contributed by atoms with E-state index in [4.69, 9.17) is 9.63 Å². The van der Waals surface area contributed by atoms with Gasteiger partial charge in [0, 0.05) is 11.6 Å². The van der Waals surface area contributed by atoms with Crippen molar-refractivity contribution in [2.24, 2.45) is 0 Å². The zero-order valence-corrected chi connectivity index (χ0v) is 11.9. The van der Waals surface area contributed by atoms with Crippen molar-refractivity contribution in [2.45, 2.75) is 31.2 Å². The Morgan fingerprint density at radius 2 is 2.00 bits per heavy atom. The lowest BCUT2D eigenvalue weighted by atomic mass is 9.74. The number of hydrogen-bond donors (Lipinski definition) is 2. The molecule has 1 fully saturated rings. The first kappa shape index (κ1) is 14.3. The van der Waals surface area contributed by atoms with Gasteiger partial charge in [0.1, 0.15) is 5.69 Å². The number of nitrogens with zero attached hydrogens (tertiary/aromatic N) is 1. The molecule has 6 nitrogen and oxygen atoms in total. The molecular weight excluding hydrogens is 284 g/mol. The minimum absolute atomic E-state index is 0.0710. The van der Waals surface area contributed by atoms with Crippen LogP contribution in [0.25, 0.3) is 11.3 Å². The summed E-state index contributed by atoms with van der Waals surface area (Å²) in [6.07, 6.45) is 2.19. The number of nitrogens with one attached hydrogen (secondary N) is 1. The van der Waals surface area contributed by atoms with Crippen molar-refractivity contribution >= 4 is 11.9 Å². The van der Waals surface area contributed by atoms with E-state index in [1.165, 1.54) is 0 Å². The van der Waals surface area contributed by atoms with Crippen molar-refractivity contribution < 1.29 is 19.2 Å². The van der Waals surface area contributed by atoms with Gasteiger partial charge < -0.3 is 14.9 Å². The molecule has 3 rings (SSSR count). The second-order valence-corrected chi connectivity index (χ2v) is 5.60. The van der Waals surface area contributed by atoms with Crippen LogP contribution >= 0.6 is 0 Å². The highest BCUT2D eigenvalue weighted by Crippen LogP contribution is 2.35. The number of rotatable bonds is 5. The van der Waals surface area contributed by atoms with Gasteiger partial charge in [-0.2, -0.15) is 0 Å². The molecule has 2 aromatic rings. The van der Waals surface area contributed by atoms with Gasteiger partial charge in [-0.15, -0.1) is 0 Å². The van der Waals surface area contributed by atoms with E-state index in [2.05, 4.69) is 10.5 Å². The van der Waals surface area contributed by atoms with Crippen LogP contribution in [-0.2, 0) is 4.79 Å². The zero-order chi connectivity index (χ0) is 15.6. The lowest BCUT2D eigenvalue weighted by molar-refractivity contribution is -0.139. The third-order valence-corrected chi connectivity index (χ3v) is 3.98. The molecule has 0 atom stereocenters. The van der Waals surface area contributed by atoms with Gasteiger partial charge in [-0.25, -0.2) is 0 Å². The molecule has 1 saturated carbocycles. The Hall–Kier alpha value is -2.63. The van der Waals surface area contributed by atoms with Gasteiger partial charge in [-0.1, -0.05) is 35.5 Å². The first-order valence-electron chi connectivity index (χ1n) is 7.14. The predicted molar refractivity (Wildman–Crippen MR) is 78.2 cm³/mol. The van der Waals surface area contributed by atoms with E-state index in [1.54, 1.807) is 6.07 Å². The number of aromatic nitrogens is 1. The maximum absolute atomic E-state index is 12.2. The van der Waals surface area contributed by atoms with Crippen LogP contribution in [0.2, 0.25) is 0 Å². The van der Waals surface area contributed by atoms with Gasteiger partial charge in [0.05, 0.1) is 12.0 Å². The van der Waals surface area contributed by atoms with Crippen molar-refractivity contribution in [1.29, 1.82) is 0 Å². The van der Waals surface area contributed by atoms with E-state index < -0.39 is 17.4 Å². The van der Waals surface area contributed by atoms with Crippen LogP contribution in [0.3, 0.4) is 0 Å². The summed E-state index contributed by atoms with van der Waals surface area (Å²) in [5.41, 5.74) is 0.781. The third-order valence-electron chi connectivity index (χ3n) is 3.98. The average molecular weight is 300 g/mol. The maximum Gasteiger partial charge on any atom is 0.305 e. The molecule has 1 aliphatic carbocycles. The average Bonchev–Trinajstić information content (AvgIpc) is 2.95. The van der Waals surface area contributed by atoms with Crippen molar-refractivity contribution in [2.75, 3.05) is 0 Å². The van der Waals surface area contributed by atoms with E-state index in [9.17, 15) is 9.59 Å². The fourth-order valence-corrected chi connectivity index (χ4v) is 2.67. The quantitative estimate of drug-likeness (QED) is 0.885. The molecule has 6 heteroatoms. The molecule has 114 valence electrons. The molecule has 0 radical (unpaired) electrons. The van der Waals surface area contributed by atoms with E-state index in [1.807, 2.05) is 30.3 Å². The van der Waals surface area contributed by atoms with Crippen LogP contribution in [0.1, 0.15) is 36.2 Å². The maximum atomic E-state index is 12.2. The smallest absolute Gasteiger partial charge is 0.305 e. The number of carboxylic acid groups (broad SMARTS) is 1. The first-order valence-corrected chi connectivity index (χ1v) is 7.14. The van der Waals surface area contributed by atoms with Crippen molar-refractivity contribution in [3.05, 3.63) is 42.2 Å². The SMILES string of the molecule is O=C(O)CC1(NC(=O)c2cc(-c3ccccc3)no2)CCC1. The van der Waals surface area contributed by atoms with Gasteiger partial charge in [0.2, 0.25) is 5.76 Å². The summed E-state index contributed by atoms with van der Waals surface area (Å²) in [5, 5.41) is 15.6. The molecule has 1 amide bonds. The molecule has 1 aromatic carbocycles. The lowest BCUT2D eigenvalue weighted by Gasteiger charge is -2.41. The van der Waals surface area contributed by atoms with Crippen molar-refractivity contribution in [1.82, 2.24) is 10.5 Å². The van der Waals surface area contributed by atoms with Crippen LogP contribution < -0.4 is 5.32 Å². The summed E-state index contributed by atoms with van der Waals surface area (Å²) in [6.45, 7) is 0. The lowest BCUT2D eigenvalue weighted by Crippen LogP contribution is -2.54. The Kier molecular flexibility index (Phi) is 3.66. The summed E-state index contributed by atoms with van der Waals surface area (Å²) in [6, 6.07) is 11.0. The Morgan fingerprint density at radius 1 is 1.27 bits per heavy atom. The highest BCUT2D eigenvalue weighted by molar-refractivity contribution is 5.93. The van der Waals surface area contributed by atoms with Gasteiger partial charge in [-0.05, 0) is 19.3 Å². The second kappa shape index (κ2) is 5.63. The molecule has 2 N–H and O–H groups in total. The van der Waals surface area contributed by atoms with Crippen molar-refractivity contribution in [3.8, 4) is 11.3 Å². The van der Waals surface area contributed by atoms with Crippen LogP contribution in [-0.4, -0.2) is 27.7 Å². The molecular formula is C16H16N2O4. The van der Waals surface area contributed by atoms with E-state index in [0.29, 0.717) is 18.5 Å². The molecule has 0 spiro atoms. The number of carbonyl (C=O) groups excluding carboxylic acids is 1. The van der Waals surface area contributed by atoms with E-state index >= 15 is 0 Å². The zero-order valence-electron chi connectivity index (χ0n) is 11.9. The Morgan fingerprint density at radius 3 is 2.59 bits per heavy atom. The molecule has 1 aliphatic rings. The second-order valence-electron chi connectivity index (χ2n) is 5.60. The molecule has 1 heterocycles. The monoisotopic (exact) mass is 300 g/mol. The first-order chi connectivity index (χ1) is 10.6. The molecule has 0 unspecified atom stereocenters. The molecule has 1 aromatic heterocycles. The minimum Gasteiger partial charge on any atom is -0.481 e. The highest BCUT2D eigenvalue weighted by Gasteiger charge is 2.41. The van der Waals surface area contributed by atoms with Gasteiger partial charge >= 0.3 is 5.97 Å². The molecule has 22 heavy (non-hydrogen) atoms. The highest BCUT2D eigenvalue weighted by atomic mass is 16.5. The standard InChI is InChI=1S/C16H16N2O4/c19-14(20)10-16(7-4-8-16)17-15(21)13-9-12(18-22-13)11-5-2-1-3-6-11/h1-3,5-6,9H,4,7-8,10H2,(H,17,21)(H,19,20). The number of amides is 1. The van der Waals surface area contributed by atoms with Crippen LogP contribution in [0, 0.1) is 0 Å². The van der Waals surface area contributed by atoms with Crippen molar-refractivity contribution in [3.63, 3.8) is 0 Å². The number of carbonyl (C=O) groups is 2. The summed E-state index contributed by atoms with van der Waals surface area (Å²) in [5.74, 6) is -1.24. The Balaban J connectivity index is 1.73. The predicted octanol–water partition coefficient (Wildman–Crippen LogP) is 2.47. The van der Waals surface area contributed by atoms with Crippen LogP contribution in [0.15, 0.2) is 40.9 Å². The Labute approximate surface area is 127 Å². The van der Waals surface area contributed by atoms with E-state index in [0.717, 1.165) is 12.0 Å². The number of hydrogen-bond acceptors (Lipinski definition) is 4. The normalized spacial score (nSPS) is 15.8. The number of carboxylic acids is 1. The minimum atomic E-state index is -0.914. The van der Waals surface area contributed by atoms with E-state index in [-0.39, 0.29) is 12.2 Å². The fourth-order valence-electron chi connectivity index (χ4n) is 2.67. The summed E-state index contributed by atoms with van der Waals surface area (Å²) in [4.78, 5) is 23.2. The molecule has 0 bridgehead atoms. The third kappa shape index (κ3) is 2.86. The largest absolute Gasteiger partial charge is 0.481 e. The van der Waals surface area contributed by atoms with Gasteiger partial charge in [0.25, 0.3) is 5.91 Å². The van der Waals surface area contributed by atoms with Gasteiger partial charge in [-0.3, -0.25) is 9.59 Å². The summed E-state index contributed by atoms with van der Waals surface area (Å²) < 4.78 is 5.09. The van der Waals surface area contributed by atoms with Crippen LogP contribution in [0.5, 0.6) is 0 Å². The summed E-state index contributed by atoms with van der Waals surface area (Å²) in [7, 11) is 0. The van der Waals surface area contributed by atoms with Crippen LogP contribution in [0.4, 0.5) is 0 Å². The van der Waals surface area contributed by atoms with Gasteiger partial charge in [0.15, 0.2) is 0 Å². The number of benzene rings is 1. The number of aliphatic carboxylic acids is 1. The fraction of sp³-hybridized carbons (Fsp3) is 0.312.